The molecule has 1 saturated heterocycles. The Labute approximate surface area is 75.5 Å². The lowest BCUT2D eigenvalue weighted by Gasteiger charge is -2.41. The highest BCUT2D eigenvalue weighted by Gasteiger charge is 2.33. The molecule has 0 atom stereocenters. The van der Waals surface area contributed by atoms with Gasteiger partial charge in [-0.3, -0.25) is 4.90 Å². The first-order chi connectivity index (χ1) is 5.60. The highest BCUT2D eigenvalue weighted by molar-refractivity contribution is 5.14. The SMILES string of the molecule is C#CC1(N(C)C)CCN(C)CC1. The third kappa shape index (κ3) is 1.63. The Kier molecular flexibility index (Phi) is 2.76. The van der Waals surface area contributed by atoms with Crippen molar-refractivity contribution in [1.82, 2.24) is 9.80 Å². The summed E-state index contributed by atoms with van der Waals surface area (Å²) in [7, 11) is 6.30. The second kappa shape index (κ2) is 3.47. The molecular weight excluding hydrogens is 148 g/mol. The van der Waals surface area contributed by atoms with Crippen molar-refractivity contribution in [1.29, 1.82) is 0 Å². The van der Waals surface area contributed by atoms with E-state index in [0.29, 0.717) is 0 Å². The van der Waals surface area contributed by atoms with Gasteiger partial charge >= 0.3 is 0 Å². The fourth-order valence-electron chi connectivity index (χ4n) is 1.71. The molecule has 0 bridgehead atoms. The molecule has 1 rings (SSSR count). The fraction of sp³-hybridized carbons (Fsp3) is 0.800. The van der Waals surface area contributed by atoms with Gasteiger partial charge in [0.05, 0.1) is 5.54 Å². The van der Waals surface area contributed by atoms with Crippen molar-refractivity contribution in [2.24, 2.45) is 0 Å². The van der Waals surface area contributed by atoms with Gasteiger partial charge in [0.15, 0.2) is 0 Å². The summed E-state index contributed by atoms with van der Waals surface area (Å²) in [6.07, 6.45) is 7.75. The molecule has 0 aromatic heterocycles. The average Bonchev–Trinajstić information content (AvgIpc) is 2.06. The van der Waals surface area contributed by atoms with Gasteiger partial charge in [0.25, 0.3) is 0 Å². The summed E-state index contributed by atoms with van der Waals surface area (Å²) in [5.74, 6) is 2.94. The average molecular weight is 166 g/mol. The number of hydrogen-bond acceptors (Lipinski definition) is 2. The standard InChI is InChI=1S/C10H18N2/c1-5-10(11(2)3)6-8-12(4)9-7-10/h1H,6-9H2,2-4H3. The van der Waals surface area contributed by atoms with Gasteiger partial charge in [0.2, 0.25) is 0 Å². The summed E-state index contributed by atoms with van der Waals surface area (Å²) < 4.78 is 0. The lowest BCUT2D eigenvalue weighted by Crippen LogP contribution is -2.50. The van der Waals surface area contributed by atoms with Crippen LogP contribution in [0.5, 0.6) is 0 Å². The van der Waals surface area contributed by atoms with E-state index < -0.39 is 0 Å². The molecule has 0 radical (unpaired) electrons. The topological polar surface area (TPSA) is 6.48 Å². The third-order valence-corrected chi connectivity index (χ3v) is 2.94. The van der Waals surface area contributed by atoms with Crippen LogP contribution in [0.3, 0.4) is 0 Å². The zero-order valence-electron chi connectivity index (χ0n) is 8.30. The van der Waals surface area contributed by atoms with E-state index in [1.807, 2.05) is 0 Å². The molecule has 0 spiro atoms. The molecule has 12 heavy (non-hydrogen) atoms. The molecule has 1 aliphatic rings. The van der Waals surface area contributed by atoms with Gasteiger partial charge in [-0.2, -0.15) is 0 Å². The Bertz CT molecular complexity index is 183. The van der Waals surface area contributed by atoms with Gasteiger partial charge in [-0.05, 0) is 34.0 Å². The Morgan fingerprint density at radius 1 is 1.33 bits per heavy atom. The molecule has 0 aliphatic carbocycles. The lowest BCUT2D eigenvalue weighted by molar-refractivity contribution is 0.115. The Morgan fingerprint density at radius 3 is 2.17 bits per heavy atom. The molecule has 2 heteroatoms. The molecule has 0 aromatic rings. The Morgan fingerprint density at radius 2 is 1.83 bits per heavy atom. The van der Waals surface area contributed by atoms with Crippen molar-refractivity contribution in [3.63, 3.8) is 0 Å². The maximum Gasteiger partial charge on any atom is 0.0842 e. The quantitative estimate of drug-likeness (QED) is 0.528. The van der Waals surface area contributed by atoms with Crippen LogP contribution in [0, 0.1) is 12.3 Å². The van der Waals surface area contributed by atoms with Crippen molar-refractivity contribution in [2.75, 3.05) is 34.2 Å². The van der Waals surface area contributed by atoms with Crippen LogP contribution in [0.1, 0.15) is 12.8 Å². The molecule has 1 heterocycles. The summed E-state index contributed by atoms with van der Waals surface area (Å²) in [5.41, 5.74) is 0.0203. The first kappa shape index (κ1) is 9.57. The van der Waals surface area contributed by atoms with E-state index in [1.165, 1.54) is 0 Å². The number of nitrogens with zero attached hydrogens (tertiary/aromatic N) is 2. The minimum Gasteiger partial charge on any atom is -0.306 e. The molecule has 0 N–H and O–H groups in total. The Hall–Kier alpha value is -0.520. The van der Waals surface area contributed by atoms with E-state index in [9.17, 15) is 0 Å². The number of piperidine rings is 1. The zero-order chi connectivity index (χ0) is 9.19. The van der Waals surface area contributed by atoms with Gasteiger partial charge in [0.1, 0.15) is 0 Å². The van der Waals surface area contributed by atoms with Crippen molar-refractivity contribution in [3.8, 4) is 12.3 Å². The molecule has 0 aromatic carbocycles. The van der Waals surface area contributed by atoms with Gasteiger partial charge in [-0.25, -0.2) is 0 Å². The van der Waals surface area contributed by atoms with Crippen LogP contribution in [0.4, 0.5) is 0 Å². The van der Waals surface area contributed by atoms with Crippen molar-refractivity contribution in [2.45, 2.75) is 18.4 Å². The van der Waals surface area contributed by atoms with Crippen molar-refractivity contribution in [3.05, 3.63) is 0 Å². The van der Waals surface area contributed by atoms with E-state index in [-0.39, 0.29) is 5.54 Å². The van der Waals surface area contributed by atoms with Crippen molar-refractivity contribution < 1.29 is 0 Å². The van der Waals surface area contributed by atoms with E-state index >= 15 is 0 Å². The van der Waals surface area contributed by atoms with E-state index in [1.54, 1.807) is 0 Å². The number of rotatable bonds is 1. The molecule has 0 saturated carbocycles. The summed E-state index contributed by atoms with van der Waals surface area (Å²) >= 11 is 0. The van der Waals surface area contributed by atoms with Crippen LogP contribution < -0.4 is 0 Å². The largest absolute Gasteiger partial charge is 0.306 e. The molecule has 68 valence electrons. The number of terminal acetylenes is 1. The Balaban J connectivity index is 2.65. The van der Waals surface area contributed by atoms with Crippen LogP contribution >= 0.6 is 0 Å². The van der Waals surface area contributed by atoms with Crippen molar-refractivity contribution >= 4 is 0 Å². The van der Waals surface area contributed by atoms with E-state index in [2.05, 4.69) is 36.9 Å². The minimum absolute atomic E-state index is 0.0203. The maximum atomic E-state index is 5.57. The second-order valence-electron chi connectivity index (χ2n) is 3.87. The first-order valence-electron chi connectivity index (χ1n) is 4.44. The van der Waals surface area contributed by atoms with Gasteiger partial charge in [-0.1, -0.05) is 5.92 Å². The molecule has 0 unspecified atom stereocenters. The van der Waals surface area contributed by atoms with Crippen LogP contribution in [0.2, 0.25) is 0 Å². The van der Waals surface area contributed by atoms with Crippen LogP contribution in [-0.4, -0.2) is 49.6 Å². The number of likely N-dealkylation sites (tertiary alicyclic amines) is 1. The summed E-state index contributed by atoms with van der Waals surface area (Å²) in [6.45, 7) is 2.23. The highest BCUT2D eigenvalue weighted by Crippen LogP contribution is 2.25. The zero-order valence-corrected chi connectivity index (χ0v) is 8.30. The molecule has 1 aliphatic heterocycles. The molecule has 2 nitrogen and oxygen atoms in total. The normalized spacial score (nSPS) is 23.9. The molecular formula is C10H18N2. The third-order valence-electron chi connectivity index (χ3n) is 2.94. The lowest BCUT2D eigenvalue weighted by atomic mass is 9.87. The smallest absolute Gasteiger partial charge is 0.0842 e. The van der Waals surface area contributed by atoms with Gasteiger partial charge in [0, 0.05) is 13.1 Å². The summed E-state index contributed by atoms with van der Waals surface area (Å²) in [4.78, 5) is 4.51. The fourth-order valence-corrected chi connectivity index (χ4v) is 1.71. The first-order valence-corrected chi connectivity index (χ1v) is 4.44. The number of hydrogen-bond donors (Lipinski definition) is 0. The summed E-state index contributed by atoms with van der Waals surface area (Å²) in [5, 5.41) is 0. The molecule has 1 fully saturated rings. The molecule has 0 amide bonds. The van der Waals surface area contributed by atoms with Crippen LogP contribution in [0.25, 0.3) is 0 Å². The van der Waals surface area contributed by atoms with Crippen LogP contribution in [0.15, 0.2) is 0 Å². The van der Waals surface area contributed by atoms with E-state index in [4.69, 9.17) is 6.42 Å². The summed E-state index contributed by atoms with van der Waals surface area (Å²) in [6, 6.07) is 0. The van der Waals surface area contributed by atoms with Gasteiger partial charge in [-0.15, -0.1) is 6.42 Å². The maximum absolute atomic E-state index is 5.57. The minimum atomic E-state index is 0.0203. The predicted octanol–water partition coefficient (Wildman–Crippen LogP) is 0.646. The van der Waals surface area contributed by atoms with E-state index in [0.717, 1.165) is 25.9 Å². The van der Waals surface area contributed by atoms with Crippen LogP contribution in [-0.2, 0) is 0 Å². The van der Waals surface area contributed by atoms with Gasteiger partial charge < -0.3 is 4.90 Å². The highest BCUT2D eigenvalue weighted by atomic mass is 15.2. The monoisotopic (exact) mass is 166 g/mol. The second-order valence-corrected chi connectivity index (χ2v) is 3.87. The predicted molar refractivity (Wildman–Crippen MR) is 52.0 cm³/mol.